The maximum Gasteiger partial charge on any atom is 0.417 e. The van der Waals surface area contributed by atoms with Crippen LogP contribution < -0.4 is 16.0 Å². The van der Waals surface area contributed by atoms with Crippen LogP contribution in [0.15, 0.2) is 110 Å². The van der Waals surface area contributed by atoms with Crippen LogP contribution in [-0.2, 0) is 78.7 Å². The highest BCUT2D eigenvalue weighted by Gasteiger charge is 2.31. The van der Waals surface area contributed by atoms with Crippen LogP contribution in [0.1, 0.15) is 275 Å². The average Bonchev–Trinajstić information content (AvgIpc) is 1.72. The van der Waals surface area contributed by atoms with E-state index in [4.69, 9.17) is 33.2 Å². The quantitative estimate of drug-likeness (QED) is 0.0359. The Morgan fingerprint density at radius 1 is 0.458 bits per heavy atom. The van der Waals surface area contributed by atoms with Crippen molar-refractivity contribution in [2.45, 2.75) is 362 Å². The number of ether oxygens (including phenoxy) is 7. The van der Waals surface area contributed by atoms with Crippen LogP contribution in [0.4, 0.5) is 13.2 Å². The first-order valence-corrected chi connectivity index (χ1v) is 45.5. The molecule has 0 spiro atoms. The number of nitrogens with zero attached hydrogens (tertiary/aromatic N) is 7. The van der Waals surface area contributed by atoms with E-state index in [1.54, 1.807) is 6.20 Å². The molecule has 0 unspecified atom stereocenters. The zero-order chi connectivity index (χ0) is 88.6. The van der Waals surface area contributed by atoms with Crippen LogP contribution in [-0.4, -0.2) is 213 Å². The SMILES string of the molecule is CC(C)NC1CCCCC1.CC(C)NC1CCN(C)CC1.CC(C)OCC1CCN(C)CC1.CC(C)OCCN1CCCC1.CC(C)OCCn1ccc(C(F)(F)F)c1.CC(C)OCc1cccnc1.CCN(CC)CCNC(C)C.CCc1ccc(COC(C)C)cn1.Cc1ccc(COC(C)C)cc1.Cc1ccc(COC(C)C)cc1. The van der Waals surface area contributed by atoms with Crippen molar-refractivity contribution < 1.29 is 46.3 Å². The Bertz CT molecular complexity index is 2910. The largest absolute Gasteiger partial charge is 0.417 e. The van der Waals surface area contributed by atoms with Gasteiger partial charge in [-0.3, -0.25) is 9.97 Å². The maximum atomic E-state index is 12.2. The van der Waals surface area contributed by atoms with Crippen LogP contribution >= 0.6 is 0 Å². The molecule has 4 fully saturated rings. The summed E-state index contributed by atoms with van der Waals surface area (Å²) in [6.45, 7) is 71.2. The first-order chi connectivity index (χ1) is 55.9. The summed E-state index contributed by atoms with van der Waals surface area (Å²) >= 11 is 0. The minimum Gasteiger partial charge on any atom is -0.379 e. The Morgan fingerprint density at radius 2 is 0.881 bits per heavy atom. The van der Waals surface area contributed by atoms with Crippen molar-refractivity contribution in [3.05, 3.63) is 154 Å². The van der Waals surface area contributed by atoms with Crippen molar-refractivity contribution in [1.29, 1.82) is 0 Å². The number of benzene rings is 2. The molecule has 20 heteroatoms. The number of piperidine rings is 2. The molecule has 118 heavy (non-hydrogen) atoms. The van der Waals surface area contributed by atoms with Crippen LogP contribution in [0.3, 0.4) is 0 Å². The summed E-state index contributed by atoms with van der Waals surface area (Å²) in [5, 5.41) is 10.6. The molecule has 17 nitrogen and oxygen atoms in total. The van der Waals surface area contributed by atoms with Gasteiger partial charge in [0, 0.05) is 99.7 Å². The van der Waals surface area contributed by atoms with E-state index in [1.165, 1.54) is 149 Å². The van der Waals surface area contributed by atoms with Crippen LogP contribution in [0, 0.1) is 19.8 Å². The molecule has 9 rings (SSSR count). The standard InChI is InChI=1S/C11H17NO.2C11H16O.C10H14F3NO.C10H21NO.C9H20N2.C9H22N2.C9H13NO.C9H19NO.C9H19N/c1-4-11-6-5-10(7-12-11)8-13-9(2)3;2*1-9(2)12-8-11-6-4-10(3)5-7-11;1-8(2)15-6-5-14-4-3-9(7-14)10(11,12)13;1-9(2)12-8-10-4-6-11(3)7-5-10;1-8(2)10-9-4-6-11(3)7-5-9;1-5-11(6-2)8-7-10-9(3)4;1-8(2)11-7-9-4-3-5-10-6-9;1-9(2)11-8-7-10-5-3-4-6-10;1-8(2)10-9-6-4-3-5-7-9/h5-7,9H,4,8H2,1-3H3;2*4-7,9H,8H2,1-3H3;3-4,7-8H,5-6H2,1-2H3;9-10H,4-8H2,1-3H3;8-10H,4-7H2,1-3H3;9-10H,5-8H2,1-4H3;3-6,8H,7H2,1-2H3;9H,3-8H2,1-2H3;8-10H,3-7H2,1-2H3. The summed E-state index contributed by atoms with van der Waals surface area (Å²) in [6, 6.07) is 29.5. The molecule has 0 bridgehead atoms. The highest BCUT2D eigenvalue weighted by molar-refractivity contribution is 5.22. The number of pyridine rings is 2. The Hall–Kier alpha value is -4.75. The van der Waals surface area contributed by atoms with E-state index < -0.39 is 11.7 Å². The molecule has 3 aliphatic heterocycles. The van der Waals surface area contributed by atoms with Crippen molar-refractivity contribution in [2.75, 3.05) is 106 Å². The summed E-state index contributed by atoms with van der Waals surface area (Å²) in [5.74, 6) is 0.809. The topological polar surface area (TPSA) is 144 Å². The summed E-state index contributed by atoms with van der Waals surface area (Å²) < 4.78 is 76.2. The minimum absolute atomic E-state index is 0.0997. The number of hydrogen-bond donors (Lipinski definition) is 3. The fourth-order valence-electron chi connectivity index (χ4n) is 12.2. The molecule has 0 amide bonds. The lowest BCUT2D eigenvalue weighted by Gasteiger charge is -2.30. The van der Waals surface area contributed by atoms with Crippen LogP contribution in [0.5, 0.6) is 0 Å². The molecule has 3 N–H and O–H groups in total. The van der Waals surface area contributed by atoms with Crippen molar-refractivity contribution in [1.82, 2.24) is 50.1 Å². The number of likely N-dealkylation sites (tertiary alicyclic amines) is 3. The Kier molecular flexibility index (Phi) is 67.8. The highest BCUT2D eigenvalue weighted by Crippen LogP contribution is 2.29. The summed E-state index contributed by atoms with van der Waals surface area (Å²) in [5.41, 5.74) is 7.86. The van der Waals surface area contributed by atoms with Gasteiger partial charge in [-0.05, 0) is 281 Å². The fourth-order valence-corrected chi connectivity index (χ4v) is 12.2. The number of rotatable bonds is 34. The van der Waals surface area contributed by atoms with Crippen molar-refractivity contribution in [3.8, 4) is 0 Å². The molecule has 1 saturated carbocycles. The third kappa shape index (κ3) is 68.7. The van der Waals surface area contributed by atoms with E-state index in [0.717, 1.165) is 106 Å². The maximum absolute atomic E-state index is 12.2. The molecule has 5 aromatic rings. The fraction of sp³-hybridized carbons (Fsp3) is 0.735. The molecule has 6 heterocycles. The van der Waals surface area contributed by atoms with Crippen molar-refractivity contribution in [3.63, 3.8) is 0 Å². The van der Waals surface area contributed by atoms with Gasteiger partial charge in [0.1, 0.15) is 0 Å². The number of aryl methyl sites for hydroxylation is 3. The second-order valence-corrected chi connectivity index (χ2v) is 34.6. The smallest absolute Gasteiger partial charge is 0.379 e. The highest BCUT2D eigenvalue weighted by atomic mass is 19.4. The lowest BCUT2D eigenvalue weighted by atomic mass is 9.95. The molecule has 0 atom stereocenters. The molecule has 682 valence electrons. The summed E-state index contributed by atoms with van der Waals surface area (Å²) in [4.78, 5) is 18.0. The first-order valence-electron chi connectivity index (χ1n) is 45.5. The number of nitrogens with one attached hydrogen (secondary N) is 3. The molecule has 2 aromatic carbocycles. The lowest BCUT2D eigenvalue weighted by molar-refractivity contribution is -0.137. The van der Waals surface area contributed by atoms with E-state index >= 15 is 0 Å². The van der Waals surface area contributed by atoms with Crippen LogP contribution in [0.2, 0.25) is 0 Å². The van der Waals surface area contributed by atoms with E-state index in [1.807, 2.05) is 93.8 Å². The van der Waals surface area contributed by atoms with Crippen LogP contribution in [0.25, 0.3) is 0 Å². The monoisotopic (exact) mass is 1660 g/mol. The second-order valence-electron chi connectivity index (χ2n) is 34.6. The summed E-state index contributed by atoms with van der Waals surface area (Å²) in [7, 11) is 4.39. The third-order valence-corrected chi connectivity index (χ3v) is 19.3. The lowest BCUT2D eigenvalue weighted by Crippen LogP contribution is -2.43. The van der Waals surface area contributed by atoms with Gasteiger partial charge in [0.05, 0.1) is 87.9 Å². The van der Waals surface area contributed by atoms with E-state index in [0.29, 0.717) is 68.9 Å². The van der Waals surface area contributed by atoms with Gasteiger partial charge < -0.3 is 73.3 Å². The molecule has 4 aliphatic rings. The zero-order valence-electron chi connectivity index (χ0n) is 79.9. The number of likely N-dealkylation sites (N-methyl/N-ethyl adjacent to an activating group) is 1. The molecule has 3 saturated heterocycles. The van der Waals surface area contributed by atoms with Gasteiger partial charge in [-0.1, -0.05) is 153 Å². The van der Waals surface area contributed by atoms with Crippen molar-refractivity contribution >= 4 is 0 Å². The average molecular weight is 1660 g/mol. The number of alkyl halides is 3. The van der Waals surface area contributed by atoms with E-state index in [9.17, 15) is 13.2 Å². The van der Waals surface area contributed by atoms with E-state index in [2.05, 4.69) is 224 Å². The van der Waals surface area contributed by atoms with Gasteiger partial charge in [-0.2, -0.15) is 13.2 Å². The van der Waals surface area contributed by atoms with Gasteiger partial charge in [-0.15, -0.1) is 0 Å². The van der Waals surface area contributed by atoms with E-state index in [-0.39, 0.29) is 18.3 Å². The number of halogens is 3. The second kappa shape index (κ2) is 70.6. The molecule has 0 radical (unpaired) electrons. The van der Waals surface area contributed by atoms with Gasteiger partial charge in [0.2, 0.25) is 0 Å². The summed E-state index contributed by atoms with van der Waals surface area (Å²) in [6.07, 6.45) is 21.9. The molecular formula is C98H177F3N10O7. The first kappa shape index (κ1) is 113. The Balaban J connectivity index is 0.00000129. The predicted molar refractivity (Wildman–Crippen MR) is 493 cm³/mol. The Labute approximate surface area is 721 Å². The molecular weight excluding hydrogens is 1490 g/mol. The zero-order valence-corrected chi connectivity index (χ0v) is 79.9. The number of aromatic nitrogens is 3. The normalized spacial score (nSPS) is 15.1. The van der Waals surface area contributed by atoms with Gasteiger partial charge >= 0.3 is 6.18 Å². The number of hydrogen-bond acceptors (Lipinski definition) is 16. The molecule has 1 aliphatic carbocycles. The minimum atomic E-state index is -4.26. The third-order valence-electron chi connectivity index (χ3n) is 19.3. The van der Waals surface area contributed by atoms with Gasteiger partial charge in [0.25, 0.3) is 0 Å². The molecule has 3 aromatic heterocycles. The van der Waals surface area contributed by atoms with Crippen molar-refractivity contribution in [2.24, 2.45) is 5.92 Å². The predicted octanol–water partition coefficient (Wildman–Crippen LogP) is 21.3. The van der Waals surface area contributed by atoms with Gasteiger partial charge in [-0.25, -0.2) is 0 Å². The van der Waals surface area contributed by atoms with Gasteiger partial charge in [0.15, 0.2) is 0 Å². The Morgan fingerprint density at radius 3 is 1.26 bits per heavy atom.